The summed E-state index contributed by atoms with van der Waals surface area (Å²) < 4.78 is 1.81. The summed E-state index contributed by atoms with van der Waals surface area (Å²) in [6.45, 7) is 9.52. The Morgan fingerprint density at radius 3 is 2.54 bits per heavy atom. The zero-order chi connectivity index (χ0) is 18.7. The van der Waals surface area contributed by atoms with E-state index in [0.717, 1.165) is 36.4 Å². The van der Waals surface area contributed by atoms with Crippen LogP contribution in [0.1, 0.15) is 49.7 Å². The van der Waals surface area contributed by atoms with Gasteiger partial charge in [-0.05, 0) is 55.7 Å². The molecule has 0 spiro atoms. The smallest absolute Gasteiger partial charge is 0.266 e. The van der Waals surface area contributed by atoms with Crippen LogP contribution in [0.2, 0.25) is 0 Å². The van der Waals surface area contributed by atoms with Crippen LogP contribution in [0, 0.1) is 13.8 Å². The fraction of sp³-hybridized carbons (Fsp3) is 0.364. The van der Waals surface area contributed by atoms with Crippen LogP contribution in [-0.2, 0) is 0 Å². The van der Waals surface area contributed by atoms with Crippen molar-refractivity contribution in [2.45, 2.75) is 46.6 Å². The lowest BCUT2D eigenvalue weighted by molar-refractivity contribution is -0.697. The molecule has 0 fully saturated rings. The van der Waals surface area contributed by atoms with Crippen molar-refractivity contribution in [1.82, 2.24) is 9.55 Å². The summed E-state index contributed by atoms with van der Waals surface area (Å²) in [6, 6.07) is 14.0. The highest BCUT2D eigenvalue weighted by Crippen LogP contribution is 2.20. The van der Waals surface area contributed by atoms with Gasteiger partial charge in [-0.15, -0.1) is 0 Å². The molecule has 1 heterocycles. The van der Waals surface area contributed by atoms with E-state index in [-0.39, 0.29) is 11.6 Å². The van der Waals surface area contributed by atoms with Crippen LogP contribution in [-0.4, -0.2) is 16.1 Å². The molecule has 0 aliphatic carbocycles. The van der Waals surface area contributed by atoms with E-state index in [2.05, 4.69) is 45.1 Å². The van der Waals surface area contributed by atoms with Crippen molar-refractivity contribution in [2.75, 3.05) is 6.54 Å². The molecule has 0 aliphatic heterocycles. The topological polar surface area (TPSA) is 51.5 Å². The Morgan fingerprint density at radius 2 is 1.85 bits per heavy atom. The Kier molecular flexibility index (Phi) is 5.52. The first-order valence-electron chi connectivity index (χ1n) is 9.49. The van der Waals surface area contributed by atoms with Gasteiger partial charge in [-0.2, -0.15) is 0 Å². The van der Waals surface area contributed by atoms with Gasteiger partial charge in [0.05, 0.1) is 23.1 Å². The Balaban J connectivity index is 2.30. The van der Waals surface area contributed by atoms with Gasteiger partial charge in [-0.1, -0.05) is 32.0 Å². The Morgan fingerprint density at radius 1 is 1.08 bits per heavy atom. The maximum atomic E-state index is 13.3. The molecule has 0 bridgehead atoms. The number of nitrogens with two attached hydrogens (primary N) is 1. The molecule has 1 aromatic heterocycles. The standard InChI is InChI=1S/C22H27N3O/c1-5-13-23-19(6-2)21-24-20-10-8-7-9-18(20)22(26)25(21)17-12-11-15(3)16(4)14-17/h7-12,14,19,23H,5-6,13H2,1-4H3/p+1/t19-/m0/s1. The van der Waals surface area contributed by atoms with E-state index in [0.29, 0.717) is 5.39 Å². The number of aryl methyl sites for hydroxylation is 2. The number of rotatable bonds is 6. The summed E-state index contributed by atoms with van der Waals surface area (Å²) in [5.41, 5.74) is 4.09. The van der Waals surface area contributed by atoms with Gasteiger partial charge in [-0.25, -0.2) is 4.98 Å². The number of para-hydroxylation sites is 1. The molecular weight excluding hydrogens is 322 g/mol. The second-order valence-electron chi connectivity index (χ2n) is 6.94. The Labute approximate surface area is 154 Å². The first-order valence-corrected chi connectivity index (χ1v) is 9.49. The lowest BCUT2D eigenvalue weighted by atomic mass is 10.1. The van der Waals surface area contributed by atoms with E-state index in [1.54, 1.807) is 0 Å². The van der Waals surface area contributed by atoms with Crippen LogP contribution in [0.5, 0.6) is 0 Å². The van der Waals surface area contributed by atoms with E-state index in [1.807, 2.05) is 34.9 Å². The zero-order valence-electron chi connectivity index (χ0n) is 16.1. The summed E-state index contributed by atoms with van der Waals surface area (Å²) in [7, 11) is 0. The normalized spacial score (nSPS) is 12.5. The molecule has 0 radical (unpaired) electrons. The van der Waals surface area contributed by atoms with E-state index in [9.17, 15) is 4.79 Å². The minimum absolute atomic E-state index is 0.0113. The van der Waals surface area contributed by atoms with Crippen LogP contribution >= 0.6 is 0 Å². The number of nitrogens with zero attached hydrogens (tertiary/aromatic N) is 2. The molecule has 0 saturated heterocycles. The molecule has 2 N–H and O–H groups in total. The van der Waals surface area contributed by atoms with Crippen molar-refractivity contribution in [3.63, 3.8) is 0 Å². The van der Waals surface area contributed by atoms with Crippen LogP contribution in [0.25, 0.3) is 16.6 Å². The Bertz CT molecular complexity index is 975. The molecule has 0 aliphatic rings. The van der Waals surface area contributed by atoms with Crippen molar-refractivity contribution in [3.05, 3.63) is 69.8 Å². The number of fused-ring (bicyclic) bond motifs is 1. The lowest BCUT2D eigenvalue weighted by Gasteiger charge is -2.19. The summed E-state index contributed by atoms with van der Waals surface area (Å²) in [4.78, 5) is 18.3. The van der Waals surface area contributed by atoms with Gasteiger partial charge in [0.15, 0.2) is 5.82 Å². The SMILES string of the molecule is CCC[NH2+][C@@H](CC)c1nc2ccccc2c(=O)n1-c1ccc(C)c(C)c1. The predicted octanol–water partition coefficient (Wildman–Crippen LogP) is 3.43. The highest BCUT2D eigenvalue weighted by atomic mass is 16.1. The fourth-order valence-electron chi connectivity index (χ4n) is 3.34. The van der Waals surface area contributed by atoms with E-state index >= 15 is 0 Å². The number of quaternary nitrogens is 1. The zero-order valence-corrected chi connectivity index (χ0v) is 16.1. The van der Waals surface area contributed by atoms with Crippen molar-refractivity contribution in [3.8, 4) is 5.69 Å². The molecule has 4 nitrogen and oxygen atoms in total. The third-order valence-electron chi connectivity index (χ3n) is 5.06. The van der Waals surface area contributed by atoms with Crippen molar-refractivity contribution >= 4 is 10.9 Å². The summed E-state index contributed by atoms with van der Waals surface area (Å²) in [5, 5.41) is 2.97. The minimum Gasteiger partial charge on any atom is -0.338 e. The van der Waals surface area contributed by atoms with Gasteiger partial charge in [0.2, 0.25) is 0 Å². The molecule has 1 atom stereocenters. The number of aromatic nitrogens is 2. The van der Waals surface area contributed by atoms with Gasteiger partial charge in [0.25, 0.3) is 5.56 Å². The number of benzene rings is 2. The third-order valence-corrected chi connectivity index (χ3v) is 5.06. The van der Waals surface area contributed by atoms with Gasteiger partial charge in [-0.3, -0.25) is 9.36 Å². The molecule has 0 amide bonds. The fourth-order valence-corrected chi connectivity index (χ4v) is 3.34. The highest BCUT2D eigenvalue weighted by Gasteiger charge is 2.22. The molecule has 3 aromatic rings. The van der Waals surface area contributed by atoms with Gasteiger partial charge >= 0.3 is 0 Å². The van der Waals surface area contributed by atoms with Gasteiger partial charge in [0.1, 0.15) is 6.04 Å². The first-order chi connectivity index (χ1) is 12.6. The second-order valence-corrected chi connectivity index (χ2v) is 6.94. The maximum Gasteiger partial charge on any atom is 0.266 e. The van der Waals surface area contributed by atoms with Gasteiger partial charge < -0.3 is 5.32 Å². The monoisotopic (exact) mass is 350 g/mol. The first kappa shape index (κ1) is 18.3. The molecule has 26 heavy (non-hydrogen) atoms. The van der Waals surface area contributed by atoms with Crippen LogP contribution in [0.3, 0.4) is 0 Å². The second kappa shape index (κ2) is 7.83. The van der Waals surface area contributed by atoms with Crippen molar-refractivity contribution < 1.29 is 5.32 Å². The highest BCUT2D eigenvalue weighted by molar-refractivity contribution is 5.77. The average Bonchev–Trinajstić information content (AvgIpc) is 2.65. The molecule has 136 valence electrons. The molecule has 0 unspecified atom stereocenters. The molecule has 0 saturated carbocycles. The van der Waals surface area contributed by atoms with Crippen LogP contribution in [0.4, 0.5) is 0 Å². The Hall–Kier alpha value is -2.46. The van der Waals surface area contributed by atoms with E-state index in [1.165, 1.54) is 11.1 Å². The minimum atomic E-state index is 0.0113. The van der Waals surface area contributed by atoms with E-state index < -0.39 is 0 Å². The van der Waals surface area contributed by atoms with Crippen molar-refractivity contribution in [2.24, 2.45) is 0 Å². The maximum absolute atomic E-state index is 13.3. The van der Waals surface area contributed by atoms with Crippen LogP contribution in [0.15, 0.2) is 47.3 Å². The summed E-state index contributed by atoms with van der Waals surface area (Å²) in [5.74, 6) is 0.841. The predicted molar refractivity (Wildman–Crippen MR) is 107 cm³/mol. The quantitative estimate of drug-likeness (QED) is 0.740. The largest absolute Gasteiger partial charge is 0.338 e. The van der Waals surface area contributed by atoms with Crippen molar-refractivity contribution in [1.29, 1.82) is 0 Å². The summed E-state index contributed by atoms with van der Waals surface area (Å²) >= 11 is 0. The summed E-state index contributed by atoms with van der Waals surface area (Å²) in [6.07, 6.45) is 2.02. The van der Waals surface area contributed by atoms with E-state index in [4.69, 9.17) is 4.98 Å². The molecule has 3 rings (SSSR count). The molecular formula is C22H28N3O+. The lowest BCUT2D eigenvalue weighted by Crippen LogP contribution is -2.85. The molecule has 2 aromatic carbocycles. The molecule has 4 heteroatoms. The number of hydrogen-bond acceptors (Lipinski definition) is 2. The number of hydrogen-bond donors (Lipinski definition) is 1. The third kappa shape index (κ3) is 3.42. The van der Waals surface area contributed by atoms with Crippen LogP contribution < -0.4 is 10.9 Å². The average molecular weight is 350 g/mol. The van der Waals surface area contributed by atoms with Gasteiger partial charge in [0, 0.05) is 6.42 Å².